The Morgan fingerprint density at radius 3 is 2.75 bits per heavy atom. The Labute approximate surface area is 82.2 Å². The number of para-hydroxylation sites is 1. The molecule has 0 aliphatic rings. The summed E-state index contributed by atoms with van der Waals surface area (Å²) < 4.78 is 5.34. The zero-order valence-electron chi connectivity index (χ0n) is 6.81. The lowest BCUT2D eigenvalue weighted by Gasteiger charge is -2.08. The van der Waals surface area contributed by atoms with E-state index in [0.29, 0.717) is 23.3 Å². The molecule has 0 N–H and O–H groups in total. The highest BCUT2D eigenvalue weighted by atomic mass is 35.5. The van der Waals surface area contributed by atoms with Gasteiger partial charge in [0.15, 0.2) is 0 Å². The van der Waals surface area contributed by atoms with E-state index in [1.807, 2.05) is 19.1 Å². The molecule has 0 saturated heterocycles. The second-order valence-electron chi connectivity index (χ2n) is 2.29. The minimum atomic E-state index is 0.426. The second kappa shape index (κ2) is 4.58. The molecule has 3 heteroatoms. The van der Waals surface area contributed by atoms with Crippen LogP contribution in [0.4, 0.5) is 0 Å². The number of ether oxygens (including phenoxy) is 1. The Bertz CT molecular complexity index is 261. The summed E-state index contributed by atoms with van der Waals surface area (Å²) in [5.41, 5.74) is 0.936. The molecule has 0 spiro atoms. The molecule has 0 unspecified atom stereocenters. The van der Waals surface area contributed by atoms with Crippen molar-refractivity contribution in [1.82, 2.24) is 0 Å². The molecule has 0 amide bonds. The summed E-state index contributed by atoms with van der Waals surface area (Å²) in [4.78, 5) is 0. The first-order chi connectivity index (χ1) is 5.79. The van der Waals surface area contributed by atoms with Crippen molar-refractivity contribution in [1.29, 1.82) is 0 Å². The van der Waals surface area contributed by atoms with Crippen molar-refractivity contribution in [2.24, 2.45) is 0 Å². The lowest BCUT2D eigenvalue weighted by Crippen LogP contribution is -1.95. The maximum Gasteiger partial charge on any atom is 0.142 e. The van der Waals surface area contributed by atoms with E-state index in [2.05, 4.69) is 0 Å². The Kier molecular flexibility index (Phi) is 3.70. The summed E-state index contributed by atoms with van der Waals surface area (Å²) >= 11 is 11.6. The van der Waals surface area contributed by atoms with E-state index in [1.165, 1.54) is 0 Å². The van der Waals surface area contributed by atoms with Crippen LogP contribution in [0.15, 0.2) is 18.2 Å². The van der Waals surface area contributed by atoms with Gasteiger partial charge in [-0.05, 0) is 13.0 Å². The topological polar surface area (TPSA) is 9.23 Å². The Balaban J connectivity index is 3.02. The van der Waals surface area contributed by atoms with Gasteiger partial charge < -0.3 is 4.74 Å². The van der Waals surface area contributed by atoms with Gasteiger partial charge in [0.25, 0.3) is 0 Å². The van der Waals surface area contributed by atoms with E-state index in [-0.39, 0.29) is 0 Å². The van der Waals surface area contributed by atoms with Crippen LogP contribution in [0.1, 0.15) is 12.5 Å². The molecule has 0 fully saturated rings. The van der Waals surface area contributed by atoms with Gasteiger partial charge in [-0.1, -0.05) is 23.7 Å². The number of hydrogen-bond donors (Lipinski definition) is 0. The van der Waals surface area contributed by atoms with Gasteiger partial charge in [-0.2, -0.15) is 0 Å². The first kappa shape index (κ1) is 9.69. The minimum absolute atomic E-state index is 0.426. The van der Waals surface area contributed by atoms with E-state index < -0.39 is 0 Å². The maximum absolute atomic E-state index is 5.90. The molecule has 0 heterocycles. The number of hydrogen-bond acceptors (Lipinski definition) is 1. The number of rotatable bonds is 3. The molecule has 1 nitrogen and oxygen atoms in total. The van der Waals surface area contributed by atoms with Gasteiger partial charge in [-0.15, -0.1) is 11.6 Å². The highest BCUT2D eigenvalue weighted by Gasteiger charge is 2.05. The Hall–Kier alpha value is -0.400. The van der Waals surface area contributed by atoms with Crippen LogP contribution in [0.5, 0.6) is 5.75 Å². The Morgan fingerprint density at radius 2 is 2.17 bits per heavy atom. The normalized spacial score (nSPS) is 9.92. The molecule has 1 aromatic carbocycles. The van der Waals surface area contributed by atoms with Gasteiger partial charge in [-0.25, -0.2) is 0 Å². The van der Waals surface area contributed by atoms with Crippen LogP contribution in [0, 0.1) is 0 Å². The molecular formula is C9H10Cl2O. The Morgan fingerprint density at radius 1 is 1.42 bits per heavy atom. The van der Waals surface area contributed by atoms with E-state index in [0.717, 1.165) is 5.56 Å². The molecule has 0 bridgehead atoms. The van der Waals surface area contributed by atoms with Crippen LogP contribution in [-0.2, 0) is 5.88 Å². The average molecular weight is 205 g/mol. The van der Waals surface area contributed by atoms with Crippen molar-refractivity contribution in [2.75, 3.05) is 6.61 Å². The van der Waals surface area contributed by atoms with Crippen molar-refractivity contribution < 1.29 is 4.74 Å². The van der Waals surface area contributed by atoms with Gasteiger partial charge in [0.2, 0.25) is 0 Å². The minimum Gasteiger partial charge on any atom is -0.492 e. The van der Waals surface area contributed by atoms with Gasteiger partial charge >= 0.3 is 0 Å². The van der Waals surface area contributed by atoms with Crippen molar-refractivity contribution in [3.8, 4) is 5.75 Å². The lowest BCUT2D eigenvalue weighted by atomic mass is 10.2. The highest BCUT2D eigenvalue weighted by Crippen LogP contribution is 2.29. The SMILES string of the molecule is CCOc1c(Cl)cccc1CCl. The zero-order valence-corrected chi connectivity index (χ0v) is 8.32. The predicted octanol–water partition coefficient (Wildman–Crippen LogP) is 3.48. The summed E-state index contributed by atoms with van der Waals surface area (Å²) in [6, 6.07) is 5.56. The van der Waals surface area contributed by atoms with Gasteiger partial charge in [0.05, 0.1) is 17.5 Å². The third kappa shape index (κ3) is 2.05. The standard InChI is InChI=1S/C9H10Cl2O/c1-2-12-9-7(6-10)4-3-5-8(9)11/h3-5H,2,6H2,1H3. The average Bonchev–Trinajstić information content (AvgIpc) is 2.09. The molecule has 0 aliphatic heterocycles. The molecule has 0 atom stereocenters. The molecule has 0 saturated carbocycles. The second-order valence-corrected chi connectivity index (χ2v) is 2.97. The first-order valence-corrected chi connectivity index (χ1v) is 4.67. The van der Waals surface area contributed by atoms with E-state index in [9.17, 15) is 0 Å². The quantitative estimate of drug-likeness (QED) is 0.686. The third-order valence-electron chi connectivity index (χ3n) is 1.48. The monoisotopic (exact) mass is 204 g/mol. The first-order valence-electron chi connectivity index (χ1n) is 3.75. The summed E-state index contributed by atoms with van der Waals surface area (Å²) in [7, 11) is 0. The van der Waals surface area contributed by atoms with Gasteiger partial charge in [0, 0.05) is 5.56 Å². The molecular weight excluding hydrogens is 195 g/mol. The molecule has 66 valence electrons. The van der Waals surface area contributed by atoms with Crippen LogP contribution in [0.3, 0.4) is 0 Å². The van der Waals surface area contributed by atoms with Crippen LogP contribution >= 0.6 is 23.2 Å². The third-order valence-corrected chi connectivity index (χ3v) is 2.07. The van der Waals surface area contributed by atoms with Crippen molar-refractivity contribution in [3.63, 3.8) is 0 Å². The van der Waals surface area contributed by atoms with Crippen LogP contribution in [0.2, 0.25) is 5.02 Å². The fourth-order valence-corrected chi connectivity index (χ4v) is 1.42. The smallest absolute Gasteiger partial charge is 0.142 e. The molecule has 12 heavy (non-hydrogen) atoms. The summed E-state index contributed by atoms with van der Waals surface area (Å²) in [5.74, 6) is 1.13. The largest absolute Gasteiger partial charge is 0.492 e. The van der Waals surface area contributed by atoms with Crippen LogP contribution in [0.25, 0.3) is 0 Å². The fourth-order valence-electron chi connectivity index (χ4n) is 0.965. The van der Waals surface area contributed by atoms with Crippen LogP contribution in [-0.4, -0.2) is 6.61 Å². The highest BCUT2D eigenvalue weighted by molar-refractivity contribution is 6.32. The number of benzene rings is 1. The van der Waals surface area contributed by atoms with Crippen molar-refractivity contribution in [2.45, 2.75) is 12.8 Å². The molecule has 1 aromatic rings. The summed E-state index contributed by atoms with van der Waals surface area (Å²) in [6.45, 7) is 2.52. The summed E-state index contributed by atoms with van der Waals surface area (Å²) in [5, 5.41) is 0.620. The van der Waals surface area contributed by atoms with Crippen LogP contribution < -0.4 is 4.74 Å². The summed E-state index contributed by atoms with van der Waals surface area (Å²) in [6.07, 6.45) is 0. The molecule has 0 radical (unpaired) electrons. The van der Waals surface area contributed by atoms with E-state index in [1.54, 1.807) is 6.07 Å². The fraction of sp³-hybridized carbons (Fsp3) is 0.333. The molecule has 0 aliphatic carbocycles. The molecule has 1 rings (SSSR count). The predicted molar refractivity (Wildman–Crippen MR) is 52.2 cm³/mol. The number of halogens is 2. The van der Waals surface area contributed by atoms with Crippen molar-refractivity contribution >= 4 is 23.2 Å². The van der Waals surface area contributed by atoms with Gasteiger partial charge in [-0.3, -0.25) is 0 Å². The van der Waals surface area contributed by atoms with Gasteiger partial charge in [0.1, 0.15) is 5.75 Å². The van der Waals surface area contributed by atoms with E-state index >= 15 is 0 Å². The zero-order chi connectivity index (χ0) is 8.97. The molecule has 0 aromatic heterocycles. The van der Waals surface area contributed by atoms with E-state index in [4.69, 9.17) is 27.9 Å². The van der Waals surface area contributed by atoms with Crippen molar-refractivity contribution in [3.05, 3.63) is 28.8 Å². The maximum atomic E-state index is 5.90. The lowest BCUT2D eigenvalue weighted by molar-refractivity contribution is 0.338. The number of alkyl halides is 1.